The third-order valence-electron chi connectivity index (χ3n) is 4.45. The van der Waals surface area contributed by atoms with E-state index in [1.54, 1.807) is 29.3 Å². The maximum atomic E-state index is 12.1. The molecule has 1 amide bonds. The molecule has 0 saturated carbocycles. The smallest absolute Gasteiger partial charge is 0.248 e. The molecule has 0 spiro atoms. The van der Waals surface area contributed by atoms with Gasteiger partial charge in [-0.25, -0.2) is 4.68 Å². The van der Waals surface area contributed by atoms with E-state index in [9.17, 15) is 4.79 Å². The van der Waals surface area contributed by atoms with E-state index >= 15 is 0 Å². The van der Waals surface area contributed by atoms with Crippen LogP contribution in [0.3, 0.4) is 0 Å². The van der Waals surface area contributed by atoms with Crippen LogP contribution < -0.4 is 10.1 Å². The largest absolute Gasteiger partial charge is 0.471 e. The number of hydrogen-bond acceptors (Lipinski definition) is 4. The first-order chi connectivity index (χ1) is 13.6. The SMILES string of the molecule is CCc1ccc(OCn2cc(NC(=O)/C=C/c3cnn(CC)c3C)cn2)cc1. The molecule has 0 unspecified atom stereocenters. The number of nitrogens with zero attached hydrogens (tertiary/aromatic N) is 4. The van der Waals surface area contributed by atoms with Crippen LogP contribution in [0.5, 0.6) is 5.75 Å². The van der Waals surface area contributed by atoms with E-state index in [2.05, 4.69) is 22.4 Å². The summed E-state index contributed by atoms with van der Waals surface area (Å²) in [6.45, 7) is 7.20. The lowest BCUT2D eigenvalue weighted by molar-refractivity contribution is -0.111. The van der Waals surface area contributed by atoms with Gasteiger partial charge in [0.1, 0.15) is 5.75 Å². The van der Waals surface area contributed by atoms with Crippen LogP contribution in [0.2, 0.25) is 0 Å². The fourth-order valence-electron chi connectivity index (χ4n) is 2.75. The monoisotopic (exact) mass is 379 g/mol. The first-order valence-electron chi connectivity index (χ1n) is 9.34. The maximum absolute atomic E-state index is 12.1. The van der Waals surface area contributed by atoms with Crippen molar-refractivity contribution in [2.75, 3.05) is 5.32 Å². The molecule has 2 heterocycles. The lowest BCUT2D eigenvalue weighted by Gasteiger charge is -2.06. The molecule has 0 bridgehead atoms. The number of carbonyl (C=O) groups excluding carboxylic acids is 1. The Bertz CT molecular complexity index is 954. The van der Waals surface area contributed by atoms with Crippen molar-refractivity contribution >= 4 is 17.7 Å². The number of benzene rings is 1. The Morgan fingerprint density at radius 1 is 1.18 bits per heavy atom. The van der Waals surface area contributed by atoms with Crippen molar-refractivity contribution in [2.45, 2.75) is 40.5 Å². The highest BCUT2D eigenvalue weighted by Gasteiger charge is 2.05. The van der Waals surface area contributed by atoms with Crippen LogP contribution in [0.4, 0.5) is 5.69 Å². The summed E-state index contributed by atoms with van der Waals surface area (Å²) in [5.74, 6) is 0.559. The number of rotatable bonds is 8. The first-order valence-corrected chi connectivity index (χ1v) is 9.34. The minimum atomic E-state index is -0.223. The van der Waals surface area contributed by atoms with Crippen molar-refractivity contribution in [1.29, 1.82) is 0 Å². The van der Waals surface area contributed by atoms with Crippen molar-refractivity contribution in [2.24, 2.45) is 0 Å². The van der Waals surface area contributed by atoms with E-state index < -0.39 is 0 Å². The highest BCUT2D eigenvalue weighted by Crippen LogP contribution is 2.14. The van der Waals surface area contributed by atoms with Gasteiger partial charge in [0, 0.05) is 23.9 Å². The second-order valence-corrected chi connectivity index (χ2v) is 6.36. The number of aromatic nitrogens is 4. The normalized spacial score (nSPS) is 11.1. The second-order valence-electron chi connectivity index (χ2n) is 6.36. The number of aryl methyl sites for hydroxylation is 2. The van der Waals surface area contributed by atoms with E-state index in [4.69, 9.17) is 4.74 Å². The van der Waals surface area contributed by atoms with Gasteiger partial charge in [-0.05, 0) is 44.0 Å². The number of amides is 1. The van der Waals surface area contributed by atoms with Gasteiger partial charge < -0.3 is 10.1 Å². The van der Waals surface area contributed by atoms with E-state index in [-0.39, 0.29) is 12.6 Å². The van der Waals surface area contributed by atoms with Crippen LogP contribution in [-0.2, 0) is 24.5 Å². The van der Waals surface area contributed by atoms with Gasteiger partial charge in [-0.1, -0.05) is 19.1 Å². The summed E-state index contributed by atoms with van der Waals surface area (Å²) in [5, 5.41) is 11.3. The molecule has 0 saturated heterocycles. The fourth-order valence-corrected chi connectivity index (χ4v) is 2.75. The van der Waals surface area contributed by atoms with Gasteiger partial charge in [-0.3, -0.25) is 9.48 Å². The van der Waals surface area contributed by atoms with Crippen molar-refractivity contribution in [3.8, 4) is 5.75 Å². The van der Waals surface area contributed by atoms with Gasteiger partial charge in [0.25, 0.3) is 0 Å². The topological polar surface area (TPSA) is 74.0 Å². The molecule has 2 aromatic heterocycles. The van der Waals surface area contributed by atoms with E-state index in [0.717, 1.165) is 30.0 Å². The Kier molecular flexibility index (Phi) is 6.26. The van der Waals surface area contributed by atoms with Crippen molar-refractivity contribution in [1.82, 2.24) is 19.6 Å². The quantitative estimate of drug-likeness (QED) is 0.606. The van der Waals surface area contributed by atoms with Gasteiger partial charge in [0.05, 0.1) is 24.3 Å². The Labute approximate surface area is 164 Å². The third-order valence-corrected chi connectivity index (χ3v) is 4.45. The Morgan fingerprint density at radius 3 is 2.64 bits per heavy atom. The number of carbonyl (C=O) groups is 1. The van der Waals surface area contributed by atoms with Gasteiger partial charge in [0.2, 0.25) is 5.91 Å². The standard InChI is InChI=1S/C21H25N5O2/c1-4-17-6-9-20(10-7-17)28-15-25-14-19(13-22-25)24-21(27)11-8-18-12-23-26(5-2)16(18)3/h6-14H,4-5,15H2,1-3H3,(H,24,27)/b11-8+. The molecule has 28 heavy (non-hydrogen) atoms. The van der Waals surface area contributed by atoms with Gasteiger partial charge in [-0.15, -0.1) is 0 Å². The highest BCUT2D eigenvalue weighted by atomic mass is 16.5. The zero-order valence-electron chi connectivity index (χ0n) is 16.4. The number of anilines is 1. The molecule has 0 radical (unpaired) electrons. The summed E-state index contributed by atoms with van der Waals surface area (Å²) in [6, 6.07) is 7.97. The molecule has 0 fully saturated rings. The molecule has 0 aliphatic carbocycles. The Morgan fingerprint density at radius 2 is 1.96 bits per heavy atom. The third kappa shape index (κ3) is 4.88. The number of nitrogens with one attached hydrogen (secondary N) is 1. The predicted octanol–water partition coefficient (Wildman–Crippen LogP) is 3.66. The molecule has 1 aromatic carbocycles. The van der Waals surface area contributed by atoms with Crippen molar-refractivity contribution < 1.29 is 9.53 Å². The van der Waals surface area contributed by atoms with Crippen LogP contribution in [0.15, 0.2) is 48.9 Å². The molecule has 0 aliphatic rings. The minimum absolute atomic E-state index is 0.223. The lowest BCUT2D eigenvalue weighted by atomic mass is 10.2. The van der Waals surface area contributed by atoms with Gasteiger partial charge in [-0.2, -0.15) is 10.2 Å². The molecule has 7 heteroatoms. The molecular weight excluding hydrogens is 354 g/mol. The van der Waals surface area contributed by atoms with Crippen molar-refractivity contribution in [3.05, 3.63) is 65.8 Å². The van der Waals surface area contributed by atoms with E-state index in [1.807, 2.05) is 42.8 Å². The average Bonchev–Trinajstić information content (AvgIpc) is 3.31. The van der Waals surface area contributed by atoms with Crippen LogP contribution in [-0.4, -0.2) is 25.5 Å². The van der Waals surface area contributed by atoms with Gasteiger partial charge >= 0.3 is 0 Å². The molecule has 7 nitrogen and oxygen atoms in total. The first kappa shape index (κ1) is 19.4. The fraction of sp³-hybridized carbons (Fsp3) is 0.286. The summed E-state index contributed by atoms with van der Waals surface area (Å²) in [4.78, 5) is 12.1. The Hall–Kier alpha value is -3.35. The van der Waals surface area contributed by atoms with Crippen LogP contribution in [0, 0.1) is 6.92 Å². The van der Waals surface area contributed by atoms with Gasteiger partial charge in [0.15, 0.2) is 6.73 Å². The molecule has 3 aromatic rings. The summed E-state index contributed by atoms with van der Waals surface area (Å²) in [6.07, 6.45) is 9.33. The van der Waals surface area contributed by atoms with Crippen LogP contribution in [0.25, 0.3) is 6.08 Å². The minimum Gasteiger partial charge on any atom is -0.471 e. The molecule has 0 atom stereocenters. The highest BCUT2D eigenvalue weighted by molar-refractivity contribution is 6.01. The van der Waals surface area contributed by atoms with E-state index in [0.29, 0.717) is 5.69 Å². The van der Waals surface area contributed by atoms with E-state index in [1.165, 1.54) is 11.6 Å². The number of hydrogen-bond donors (Lipinski definition) is 1. The summed E-state index contributed by atoms with van der Waals surface area (Å²) in [5.41, 5.74) is 3.83. The zero-order valence-corrected chi connectivity index (χ0v) is 16.4. The molecule has 146 valence electrons. The molecule has 3 rings (SSSR count). The molecular formula is C21H25N5O2. The Balaban J connectivity index is 1.52. The van der Waals surface area contributed by atoms with Crippen molar-refractivity contribution in [3.63, 3.8) is 0 Å². The lowest BCUT2D eigenvalue weighted by Crippen LogP contribution is -2.08. The van der Waals surface area contributed by atoms with Crippen LogP contribution in [0.1, 0.15) is 30.7 Å². The molecule has 0 aliphatic heterocycles. The average molecular weight is 379 g/mol. The summed E-state index contributed by atoms with van der Waals surface area (Å²) in [7, 11) is 0. The number of ether oxygens (including phenoxy) is 1. The summed E-state index contributed by atoms with van der Waals surface area (Å²) >= 11 is 0. The summed E-state index contributed by atoms with van der Waals surface area (Å²) < 4.78 is 9.22. The van der Waals surface area contributed by atoms with Crippen LogP contribution >= 0.6 is 0 Å². The maximum Gasteiger partial charge on any atom is 0.248 e. The molecule has 1 N–H and O–H groups in total. The predicted molar refractivity (Wildman–Crippen MR) is 109 cm³/mol. The zero-order chi connectivity index (χ0) is 19.9. The second kappa shape index (κ2) is 9.03.